The van der Waals surface area contributed by atoms with Crippen LogP contribution in [0.3, 0.4) is 0 Å². The summed E-state index contributed by atoms with van der Waals surface area (Å²) in [6, 6.07) is 1.60. The van der Waals surface area contributed by atoms with Crippen LogP contribution in [0, 0.1) is 23.2 Å². The molecule has 1 amide bonds. The fraction of sp³-hybridized carbons (Fsp3) is 0.760. The fourth-order valence-electron chi connectivity index (χ4n) is 6.40. The molecule has 0 N–H and O–H groups in total. The van der Waals surface area contributed by atoms with Crippen LogP contribution in [-0.4, -0.2) is 46.4 Å². The molecule has 0 aromatic carbocycles. The van der Waals surface area contributed by atoms with Crippen LogP contribution in [0.15, 0.2) is 12.3 Å². The van der Waals surface area contributed by atoms with Gasteiger partial charge in [-0.05, 0) is 55.1 Å². The molecule has 32 heavy (non-hydrogen) atoms. The van der Waals surface area contributed by atoms with Crippen molar-refractivity contribution in [2.75, 3.05) is 19.6 Å². The van der Waals surface area contributed by atoms with Crippen molar-refractivity contribution in [1.29, 1.82) is 0 Å². The average molecular weight is 452 g/mol. The van der Waals surface area contributed by atoms with Gasteiger partial charge in [0.15, 0.2) is 0 Å². The minimum absolute atomic E-state index is 0.121. The van der Waals surface area contributed by atoms with E-state index in [0.29, 0.717) is 42.1 Å². The van der Waals surface area contributed by atoms with Crippen molar-refractivity contribution < 1.29 is 18.0 Å². The molecule has 2 aliphatic heterocycles. The largest absolute Gasteiger partial charge is 0.417 e. The van der Waals surface area contributed by atoms with Crippen molar-refractivity contribution in [3.05, 3.63) is 29.1 Å². The Morgan fingerprint density at radius 2 is 1.91 bits per heavy atom. The molecule has 1 aliphatic carbocycles. The fourth-order valence-corrected chi connectivity index (χ4v) is 6.40. The van der Waals surface area contributed by atoms with E-state index in [0.717, 1.165) is 38.5 Å². The molecule has 3 aliphatic rings. The lowest BCUT2D eigenvalue weighted by atomic mass is 9.73. The molecule has 4 nitrogen and oxygen atoms in total. The van der Waals surface area contributed by atoms with Gasteiger partial charge in [-0.3, -0.25) is 14.7 Å². The van der Waals surface area contributed by atoms with Crippen molar-refractivity contribution in [2.24, 2.45) is 23.2 Å². The second-order valence-corrected chi connectivity index (χ2v) is 10.9. The van der Waals surface area contributed by atoms with Gasteiger partial charge < -0.3 is 4.90 Å². The second kappa shape index (κ2) is 8.62. The van der Waals surface area contributed by atoms with Gasteiger partial charge in [-0.1, -0.05) is 27.7 Å². The topological polar surface area (TPSA) is 36.4 Å². The maximum absolute atomic E-state index is 13.9. The lowest BCUT2D eigenvalue weighted by Gasteiger charge is -2.42. The molecule has 4 rings (SSSR count). The number of alkyl halides is 3. The first-order valence-electron chi connectivity index (χ1n) is 12.1. The number of nitrogens with zero attached hydrogens (tertiary/aromatic N) is 3. The summed E-state index contributed by atoms with van der Waals surface area (Å²) >= 11 is 0. The third kappa shape index (κ3) is 4.42. The monoisotopic (exact) mass is 451 g/mol. The summed E-state index contributed by atoms with van der Waals surface area (Å²) in [7, 11) is 0. The second-order valence-electron chi connectivity index (χ2n) is 10.9. The molecule has 3 unspecified atom stereocenters. The van der Waals surface area contributed by atoms with Crippen LogP contribution in [0.25, 0.3) is 0 Å². The van der Waals surface area contributed by atoms with Gasteiger partial charge in [-0.15, -0.1) is 0 Å². The van der Waals surface area contributed by atoms with Gasteiger partial charge in [0.25, 0.3) is 0 Å². The number of carbonyl (C=O) groups is 1. The molecule has 7 heteroatoms. The highest BCUT2D eigenvalue weighted by Crippen LogP contribution is 2.48. The summed E-state index contributed by atoms with van der Waals surface area (Å²) in [5.41, 5.74) is 0.0485. The zero-order chi connectivity index (χ0) is 23.3. The minimum Gasteiger partial charge on any atom is -0.337 e. The Morgan fingerprint density at radius 3 is 2.53 bits per heavy atom. The maximum atomic E-state index is 13.9. The van der Waals surface area contributed by atoms with E-state index in [9.17, 15) is 18.0 Å². The first-order valence-corrected chi connectivity index (χ1v) is 12.1. The average Bonchev–Trinajstić information content (AvgIpc) is 3.18. The summed E-state index contributed by atoms with van der Waals surface area (Å²) < 4.78 is 39.5. The van der Waals surface area contributed by atoms with Gasteiger partial charge >= 0.3 is 6.18 Å². The zero-order valence-electron chi connectivity index (χ0n) is 19.7. The molecule has 3 heterocycles. The van der Waals surface area contributed by atoms with Gasteiger partial charge in [0.05, 0.1) is 11.0 Å². The Kier molecular flexibility index (Phi) is 6.34. The predicted molar refractivity (Wildman–Crippen MR) is 118 cm³/mol. The Balaban J connectivity index is 1.52. The van der Waals surface area contributed by atoms with E-state index in [2.05, 4.69) is 37.6 Å². The minimum atomic E-state index is -4.42. The summed E-state index contributed by atoms with van der Waals surface area (Å²) in [5.74, 6) is 1.67. The number of pyridine rings is 1. The number of carbonyl (C=O) groups excluding carboxylic acids is 1. The molecule has 1 saturated carbocycles. The van der Waals surface area contributed by atoms with Gasteiger partial charge in [-0.2, -0.15) is 13.2 Å². The highest BCUT2D eigenvalue weighted by molar-refractivity contribution is 5.83. The summed E-state index contributed by atoms with van der Waals surface area (Å²) in [4.78, 5) is 22.3. The Morgan fingerprint density at radius 1 is 1.22 bits per heavy atom. The van der Waals surface area contributed by atoms with Gasteiger partial charge in [0.1, 0.15) is 0 Å². The molecule has 0 radical (unpaired) electrons. The van der Waals surface area contributed by atoms with E-state index in [4.69, 9.17) is 0 Å². The van der Waals surface area contributed by atoms with E-state index < -0.39 is 17.2 Å². The number of hydrogen-bond donors (Lipinski definition) is 0. The number of fused-ring (bicyclic) bond motifs is 1. The first kappa shape index (κ1) is 23.5. The number of amides is 1. The Bertz CT molecular complexity index is 845. The molecule has 0 spiro atoms. The number of hydrogen-bond acceptors (Lipinski definition) is 3. The molecule has 178 valence electrons. The van der Waals surface area contributed by atoms with Crippen LogP contribution in [0.4, 0.5) is 13.2 Å². The number of piperidine rings is 1. The summed E-state index contributed by atoms with van der Waals surface area (Å²) in [5, 5.41) is 0. The molecule has 0 bridgehead atoms. The molecular formula is C25H36F3N3O. The van der Waals surface area contributed by atoms with Crippen molar-refractivity contribution >= 4 is 5.91 Å². The van der Waals surface area contributed by atoms with E-state index in [1.54, 1.807) is 4.90 Å². The number of aromatic nitrogens is 1. The van der Waals surface area contributed by atoms with Crippen LogP contribution in [-0.2, 0) is 23.9 Å². The van der Waals surface area contributed by atoms with E-state index in [1.807, 2.05) is 0 Å². The lowest BCUT2D eigenvalue weighted by Crippen LogP contribution is -2.49. The maximum Gasteiger partial charge on any atom is 0.417 e. The third-order valence-electron chi connectivity index (χ3n) is 8.12. The van der Waals surface area contributed by atoms with Crippen LogP contribution in [0.5, 0.6) is 0 Å². The van der Waals surface area contributed by atoms with Gasteiger partial charge in [-0.25, -0.2) is 0 Å². The standard InChI is InChI=1S/C25H36F3N3O/c1-16(2)24(7-5-21(11-24)31-13-17(3)9-18(4)14-31)23(32)30-8-6-22-19(15-30)10-20(12-29-22)25(26,27)28/h10,12,16-18,21H,5-9,11,13-15H2,1-4H3/t17?,18?,21?,24-/m0/s1. The Hall–Kier alpha value is -1.63. The van der Waals surface area contributed by atoms with Crippen molar-refractivity contribution in [3.63, 3.8) is 0 Å². The SMILES string of the molecule is CC1CC(C)CN(C2CC[C@@](C(=O)N3CCc4ncc(C(F)(F)F)cc4C3)(C(C)C)C2)C1. The molecule has 2 fully saturated rings. The normalized spacial score (nSPS) is 31.8. The van der Waals surface area contributed by atoms with E-state index >= 15 is 0 Å². The summed E-state index contributed by atoms with van der Waals surface area (Å²) in [6.45, 7) is 11.8. The quantitative estimate of drug-likeness (QED) is 0.637. The van der Waals surface area contributed by atoms with Crippen LogP contribution >= 0.6 is 0 Å². The molecule has 1 aromatic heterocycles. The van der Waals surface area contributed by atoms with E-state index in [-0.39, 0.29) is 18.4 Å². The predicted octanol–water partition coefficient (Wildman–Crippen LogP) is 5.16. The molecule has 1 aromatic rings. The van der Waals surface area contributed by atoms with Gasteiger partial charge in [0, 0.05) is 50.5 Å². The molecule has 1 saturated heterocycles. The van der Waals surface area contributed by atoms with Crippen molar-refractivity contribution in [1.82, 2.24) is 14.8 Å². The third-order valence-corrected chi connectivity index (χ3v) is 8.12. The van der Waals surface area contributed by atoms with Crippen LogP contribution in [0.1, 0.15) is 70.2 Å². The number of likely N-dealkylation sites (tertiary alicyclic amines) is 1. The molecular weight excluding hydrogens is 415 g/mol. The first-order chi connectivity index (χ1) is 15.0. The van der Waals surface area contributed by atoms with Crippen LogP contribution in [0.2, 0.25) is 0 Å². The summed E-state index contributed by atoms with van der Waals surface area (Å²) in [6.07, 6.45) is 0.998. The zero-order valence-corrected chi connectivity index (χ0v) is 19.7. The Labute approximate surface area is 189 Å². The van der Waals surface area contributed by atoms with Gasteiger partial charge in [0.2, 0.25) is 5.91 Å². The number of halogens is 3. The van der Waals surface area contributed by atoms with E-state index in [1.165, 1.54) is 12.5 Å². The van der Waals surface area contributed by atoms with Crippen molar-refractivity contribution in [3.8, 4) is 0 Å². The van der Waals surface area contributed by atoms with Crippen molar-refractivity contribution in [2.45, 2.75) is 78.6 Å². The highest BCUT2D eigenvalue weighted by atomic mass is 19.4. The molecule has 4 atom stereocenters. The van der Waals surface area contributed by atoms with Crippen LogP contribution < -0.4 is 0 Å². The highest BCUT2D eigenvalue weighted by Gasteiger charge is 2.51. The smallest absolute Gasteiger partial charge is 0.337 e. The lowest BCUT2D eigenvalue weighted by molar-refractivity contribution is -0.146. The number of rotatable bonds is 3.